The molecule has 0 fully saturated rings. The third-order valence-electron chi connectivity index (χ3n) is 3.00. The van der Waals surface area contributed by atoms with Crippen LogP contribution in [0.3, 0.4) is 0 Å². The van der Waals surface area contributed by atoms with Gasteiger partial charge < -0.3 is 15.2 Å². The first-order valence-electron chi connectivity index (χ1n) is 6.37. The second-order valence-electron chi connectivity index (χ2n) is 5.61. The largest absolute Gasteiger partial charge is 0.385 e. The molecule has 0 aromatic heterocycles. The fourth-order valence-electron chi connectivity index (χ4n) is 1.50. The van der Waals surface area contributed by atoms with Crippen LogP contribution >= 0.6 is 0 Å². The highest BCUT2D eigenvalue weighted by atomic mass is 16.5. The number of rotatable bonds is 9. The molecule has 0 aliphatic rings. The Morgan fingerprint density at radius 2 is 1.65 bits per heavy atom. The summed E-state index contributed by atoms with van der Waals surface area (Å²) in [5, 5.41) is 0. The van der Waals surface area contributed by atoms with Crippen LogP contribution in [0.15, 0.2) is 0 Å². The smallest absolute Gasteiger partial charge is 0.0589 e. The number of nitrogens with two attached hydrogens (primary N) is 1. The normalized spacial score (nSPS) is 14.3. The molecule has 4 nitrogen and oxygen atoms in total. The zero-order valence-electron chi connectivity index (χ0n) is 12.2. The Kier molecular flexibility index (Phi) is 8.78. The van der Waals surface area contributed by atoms with E-state index >= 15 is 0 Å². The van der Waals surface area contributed by atoms with Crippen molar-refractivity contribution >= 4 is 0 Å². The average molecular weight is 246 g/mol. The quantitative estimate of drug-likeness (QED) is 0.624. The molecule has 0 aromatic carbocycles. The molecule has 0 rings (SSSR count). The summed E-state index contributed by atoms with van der Waals surface area (Å²) < 4.78 is 10.2. The van der Waals surface area contributed by atoms with Gasteiger partial charge in [-0.3, -0.25) is 4.90 Å². The molecule has 1 atom stereocenters. The highest BCUT2D eigenvalue weighted by Crippen LogP contribution is 2.18. The van der Waals surface area contributed by atoms with Crippen LogP contribution in [0.25, 0.3) is 0 Å². The second-order valence-corrected chi connectivity index (χ2v) is 5.61. The molecule has 0 saturated heterocycles. The first kappa shape index (κ1) is 16.8. The first-order chi connectivity index (χ1) is 7.91. The van der Waals surface area contributed by atoms with E-state index in [4.69, 9.17) is 15.2 Å². The van der Waals surface area contributed by atoms with Gasteiger partial charge in [0.25, 0.3) is 0 Å². The topological polar surface area (TPSA) is 47.7 Å². The minimum atomic E-state index is 0.145. The van der Waals surface area contributed by atoms with Crippen molar-refractivity contribution in [1.29, 1.82) is 0 Å². The van der Waals surface area contributed by atoms with Gasteiger partial charge in [-0.2, -0.15) is 0 Å². The zero-order valence-corrected chi connectivity index (χ0v) is 12.2. The molecular weight excluding hydrogens is 216 g/mol. The summed E-state index contributed by atoms with van der Waals surface area (Å²) >= 11 is 0. The zero-order chi connectivity index (χ0) is 13.3. The lowest BCUT2D eigenvalue weighted by Gasteiger charge is -2.32. The standard InChI is InChI=1S/C13H30N2O2/c1-13(2,3)12(14)11-15(8-10-17-5)7-6-9-16-4/h12H,6-11,14H2,1-5H3. The summed E-state index contributed by atoms with van der Waals surface area (Å²) in [5.74, 6) is 0. The molecule has 1 unspecified atom stereocenters. The molecular formula is C13H30N2O2. The van der Waals surface area contributed by atoms with Crippen molar-refractivity contribution in [3.05, 3.63) is 0 Å². The van der Waals surface area contributed by atoms with E-state index in [-0.39, 0.29) is 11.5 Å². The maximum absolute atomic E-state index is 6.21. The Morgan fingerprint density at radius 3 is 2.12 bits per heavy atom. The molecule has 0 heterocycles. The SMILES string of the molecule is COCCCN(CCOC)CC(N)C(C)(C)C. The van der Waals surface area contributed by atoms with Gasteiger partial charge >= 0.3 is 0 Å². The summed E-state index contributed by atoms with van der Waals surface area (Å²) in [7, 11) is 3.47. The summed E-state index contributed by atoms with van der Waals surface area (Å²) in [5.41, 5.74) is 6.36. The van der Waals surface area contributed by atoms with Gasteiger partial charge in [-0.05, 0) is 11.8 Å². The molecule has 0 aromatic rings. The van der Waals surface area contributed by atoms with Crippen LogP contribution < -0.4 is 5.73 Å². The lowest BCUT2D eigenvalue weighted by atomic mass is 9.87. The van der Waals surface area contributed by atoms with E-state index in [1.54, 1.807) is 14.2 Å². The van der Waals surface area contributed by atoms with E-state index in [0.29, 0.717) is 0 Å². The number of ether oxygens (including phenoxy) is 2. The molecule has 0 saturated carbocycles. The van der Waals surface area contributed by atoms with Gasteiger partial charge in [0.15, 0.2) is 0 Å². The second kappa shape index (κ2) is 8.86. The lowest BCUT2D eigenvalue weighted by Crippen LogP contribution is -2.46. The molecule has 17 heavy (non-hydrogen) atoms. The first-order valence-corrected chi connectivity index (χ1v) is 6.37. The van der Waals surface area contributed by atoms with Gasteiger partial charge in [-0.15, -0.1) is 0 Å². The third-order valence-corrected chi connectivity index (χ3v) is 3.00. The maximum Gasteiger partial charge on any atom is 0.0589 e. The van der Waals surface area contributed by atoms with Crippen LogP contribution in [0.1, 0.15) is 27.2 Å². The number of nitrogens with zero attached hydrogens (tertiary/aromatic N) is 1. The van der Waals surface area contributed by atoms with Crippen molar-refractivity contribution in [2.75, 3.05) is 47.1 Å². The van der Waals surface area contributed by atoms with Gasteiger partial charge in [0, 0.05) is 46.5 Å². The predicted molar refractivity (Wildman–Crippen MR) is 72.2 cm³/mol. The molecule has 104 valence electrons. The maximum atomic E-state index is 6.21. The summed E-state index contributed by atoms with van der Waals surface area (Å²) in [6.07, 6.45) is 1.04. The Morgan fingerprint density at radius 1 is 1.06 bits per heavy atom. The lowest BCUT2D eigenvalue weighted by molar-refractivity contribution is 0.118. The van der Waals surface area contributed by atoms with Crippen LogP contribution in [0.4, 0.5) is 0 Å². The highest BCUT2D eigenvalue weighted by Gasteiger charge is 2.22. The van der Waals surface area contributed by atoms with Gasteiger partial charge in [-0.25, -0.2) is 0 Å². The minimum absolute atomic E-state index is 0.145. The van der Waals surface area contributed by atoms with Crippen LogP contribution in [0.5, 0.6) is 0 Å². The Balaban J connectivity index is 4.07. The van der Waals surface area contributed by atoms with E-state index in [0.717, 1.165) is 39.3 Å². The molecule has 2 N–H and O–H groups in total. The molecule has 0 amide bonds. The number of methoxy groups -OCH3 is 2. The van der Waals surface area contributed by atoms with Gasteiger partial charge in [-0.1, -0.05) is 20.8 Å². The van der Waals surface area contributed by atoms with Crippen molar-refractivity contribution in [3.8, 4) is 0 Å². The van der Waals surface area contributed by atoms with Crippen molar-refractivity contribution < 1.29 is 9.47 Å². The van der Waals surface area contributed by atoms with Gasteiger partial charge in [0.2, 0.25) is 0 Å². The van der Waals surface area contributed by atoms with Crippen LogP contribution in [0, 0.1) is 5.41 Å². The summed E-state index contributed by atoms with van der Waals surface area (Å²) in [6.45, 7) is 11.0. The van der Waals surface area contributed by atoms with Gasteiger partial charge in [0.1, 0.15) is 0 Å². The van der Waals surface area contributed by atoms with Crippen LogP contribution in [-0.4, -0.2) is 58.0 Å². The molecule has 0 spiro atoms. The van der Waals surface area contributed by atoms with E-state index in [9.17, 15) is 0 Å². The van der Waals surface area contributed by atoms with Crippen molar-refractivity contribution in [1.82, 2.24) is 4.90 Å². The molecule has 0 aliphatic carbocycles. The summed E-state index contributed by atoms with van der Waals surface area (Å²) in [4.78, 5) is 2.36. The van der Waals surface area contributed by atoms with E-state index in [1.165, 1.54) is 0 Å². The van der Waals surface area contributed by atoms with Crippen molar-refractivity contribution in [2.24, 2.45) is 11.1 Å². The number of hydrogen-bond acceptors (Lipinski definition) is 4. The molecule has 4 heteroatoms. The minimum Gasteiger partial charge on any atom is -0.385 e. The molecule has 0 radical (unpaired) electrons. The molecule has 0 aliphatic heterocycles. The fraction of sp³-hybridized carbons (Fsp3) is 1.00. The van der Waals surface area contributed by atoms with E-state index in [1.807, 2.05) is 0 Å². The van der Waals surface area contributed by atoms with Gasteiger partial charge in [0.05, 0.1) is 6.61 Å². The Bertz CT molecular complexity index is 181. The van der Waals surface area contributed by atoms with Crippen molar-refractivity contribution in [3.63, 3.8) is 0 Å². The Labute approximate surface area is 106 Å². The monoisotopic (exact) mass is 246 g/mol. The Hall–Kier alpha value is -0.160. The number of hydrogen-bond donors (Lipinski definition) is 1. The average Bonchev–Trinajstić information content (AvgIpc) is 2.24. The third kappa shape index (κ3) is 8.55. The van der Waals surface area contributed by atoms with E-state index < -0.39 is 0 Å². The van der Waals surface area contributed by atoms with E-state index in [2.05, 4.69) is 25.7 Å². The fourth-order valence-corrected chi connectivity index (χ4v) is 1.50. The predicted octanol–water partition coefficient (Wildman–Crippen LogP) is 1.34. The van der Waals surface area contributed by atoms with Crippen LogP contribution in [0.2, 0.25) is 0 Å². The van der Waals surface area contributed by atoms with Crippen molar-refractivity contribution in [2.45, 2.75) is 33.2 Å². The highest BCUT2D eigenvalue weighted by molar-refractivity contribution is 4.80. The summed E-state index contributed by atoms with van der Waals surface area (Å²) in [6, 6.07) is 0.182. The molecule has 0 bridgehead atoms. The van der Waals surface area contributed by atoms with Crippen LogP contribution in [-0.2, 0) is 9.47 Å².